The van der Waals surface area contributed by atoms with Crippen LogP contribution < -0.4 is 5.32 Å². The number of hydrogen-bond acceptors (Lipinski definition) is 3. The van der Waals surface area contributed by atoms with Crippen LogP contribution in [0.25, 0.3) is 0 Å². The first kappa shape index (κ1) is 12.3. The van der Waals surface area contributed by atoms with Crippen molar-refractivity contribution < 1.29 is 4.74 Å². The van der Waals surface area contributed by atoms with E-state index in [4.69, 9.17) is 4.74 Å². The Labute approximate surface area is 99.5 Å². The number of nitrogens with one attached hydrogen (secondary N) is 1. The molecule has 0 bridgehead atoms. The molecule has 2 saturated heterocycles. The third kappa shape index (κ3) is 3.19. The molecular weight excluding hydrogens is 200 g/mol. The van der Waals surface area contributed by atoms with Gasteiger partial charge in [-0.05, 0) is 46.1 Å². The van der Waals surface area contributed by atoms with E-state index in [1.54, 1.807) is 0 Å². The Balaban J connectivity index is 1.76. The molecule has 3 heteroatoms. The Bertz CT molecular complexity index is 204. The van der Waals surface area contributed by atoms with Crippen LogP contribution in [0, 0.1) is 0 Å². The minimum absolute atomic E-state index is 0.502. The van der Waals surface area contributed by atoms with Crippen molar-refractivity contribution >= 4 is 0 Å². The van der Waals surface area contributed by atoms with Gasteiger partial charge in [-0.15, -0.1) is 0 Å². The highest BCUT2D eigenvalue weighted by atomic mass is 16.5. The standard InChI is InChI=1S/C13H26N2O/c1-11-9-12(14-2)6-7-15(11)10-13-5-3-4-8-16-13/h11-14H,3-10H2,1-2H3. The molecule has 3 nitrogen and oxygen atoms in total. The SMILES string of the molecule is CNC1CCN(CC2CCCCO2)C(C)C1. The lowest BCUT2D eigenvalue weighted by molar-refractivity contribution is -0.0194. The molecule has 1 N–H and O–H groups in total. The van der Waals surface area contributed by atoms with Crippen molar-refractivity contribution in [3.8, 4) is 0 Å². The molecule has 2 rings (SSSR count). The molecule has 2 aliphatic heterocycles. The molecule has 2 aliphatic rings. The van der Waals surface area contributed by atoms with Gasteiger partial charge in [-0.3, -0.25) is 4.90 Å². The predicted octanol–water partition coefficient (Wildman–Crippen LogP) is 1.63. The quantitative estimate of drug-likeness (QED) is 0.791. The van der Waals surface area contributed by atoms with Crippen LogP contribution in [0.4, 0.5) is 0 Å². The van der Waals surface area contributed by atoms with Gasteiger partial charge in [-0.25, -0.2) is 0 Å². The van der Waals surface area contributed by atoms with Gasteiger partial charge in [0, 0.05) is 31.8 Å². The van der Waals surface area contributed by atoms with Gasteiger partial charge in [-0.1, -0.05) is 0 Å². The first-order valence-corrected chi connectivity index (χ1v) is 6.82. The molecule has 2 fully saturated rings. The van der Waals surface area contributed by atoms with Crippen LogP contribution in [0.5, 0.6) is 0 Å². The van der Waals surface area contributed by atoms with Crippen LogP contribution in [0.2, 0.25) is 0 Å². The van der Waals surface area contributed by atoms with E-state index in [9.17, 15) is 0 Å². The maximum absolute atomic E-state index is 5.82. The maximum atomic E-state index is 5.82. The predicted molar refractivity (Wildman–Crippen MR) is 66.7 cm³/mol. The van der Waals surface area contributed by atoms with Gasteiger partial charge in [0.2, 0.25) is 0 Å². The van der Waals surface area contributed by atoms with Crippen LogP contribution in [-0.4, -0.2) is 49.8 Å². The summed E-state index contributed by atoms with van der Waals surface area (Å²) in [7, 11) is 2.08. The van der Waals surface area contributed by atoms with E-state index in [1.807, 2.05) is 0 Å². The molecule has 0 radical (unpaired) electrons. The second-order valence-electron chi connectivity index (χ2n) is 5.34. The summed E-state index contributed by atoms with van der Waals surface area (Å²) >= 11 is 0. The number of likely N-dealkylation sites (tertiary alicyclic amines) is 1. The van der Waals surface area contributed by atoms with Crippen molar-refractivity contribution in [1.29, 1.82) is 0 Å². The Hall–Kier alpha value is -0.120. The van der Waals surface area contributed by atoms with Crippen molar-refractivity contribution in [2.24, 2.45) is 0 Å². The highest BCUT2D eigenvalue weighted by Gasteiger charge is 2.27. The molecule has 94 valence electrons. The highest BCUT2D eigenvalue weighted by Crippen LogP contribution is 2.20. The summed E-state index contributed by atoms with van der Waals surface area (Å²) < 4.78 is 5.82. The minimum Gasteiger partial charge on any atom is -0.377 e. The Kier molecular flexibility index (Phi) is 4.62. The van der Waals surface area contributed by atoms with Crippen LogP contribution >= 0.6 is 0 Å². The first-order valence-electron chi connectivity index (χ1n) is 6.82. The van der Waals surface area contributed by atoms with Gasteiger partial charge in [-0.2, -0.15) is 0 Å². The molecule has 0 spiro atoms. The number of rotatable bonds is 3. The molecule has 0 aromatic rings. The van der Waals surface area contributed by atoms with Crippen molar-refractivity contribution in [1.82, 2.24) is 10.2 Å². The largest absolute Gasteiger partial charge is 0.377 e. The monoisotopic (exact) mass is 226 g/mol. The van der Waals surface area contributed by atoms with Gasteiger partial charge in [0.15, 0.2) is 0 Å². The van der Waals surface area contributed by atoms with Gasteiger partial charge >= 0.3 is 0 Å². The molecule has 2 heterocycles. The van der Waals surface area contributed by atoms with E-state index < -0.39 is 0 Å². The van der Waals surface area contributed by atoms with Crippen molar-refractivity contribution in [2.75, 3.05) is 26.7 Å². The van der Waals surface area contributed by atoms with E-state index in [0.717, 1.165) is 19.2 Å². The summed E-state index contributed by atoms with van der Waals surface area (Å²) in [6, 6.07) is 1.43. The summed E-state index contributed by atoms with van der Waals surface area (Å²) in [6.45, 7) is 5.71. The lowest BCUT2D eigenvalue weighted by atomic mass is 9.97. The van der Waals surface area contributed by atoms with E-state index in [1.165, 1.54) is 38.6 Å². The Morgan fingerprint density at radius 1 is 1.31 bits per heavy atom. The van der Waals surface area contributed by atoms with Crippen molar-refractivity contribution in [2.45, 2.75) is 57.2 Å². The zero-order valence-electron chi connectivity index (χ0n) is 10.7. The molecule has 0 amide bonds. The lowest BCUT2D eigenvalue weighted by Crippen LogP contribution is -2.49. The normalized spacial score (nSPS) is 37.5. The maximum Gasteiger partial charge on any atom is 0.0702 e. The van der Waals surface area contributed by atoms with E-state index in [-0.39, 0.29) is 0 Å². The molecule has 3 unspecified atom stereocenters. The third-order valence-corrected chi connectivity index (χ3v) is 4.13. The van der Waals surface area contributed by atoms with E-state index in [0.29, 0.717) is 12.1 Å². The molecule has 16 heavy (non-hydrogen) atoms. The summed E-state index contributed by atoms with van der Waals surface area (Å²) in [6.07, 6.45) is 6.94. The van der Waals surface area contributed by atoms with Gasteiger partial charge in [0.05, 0.1) is 6.10 Å². The summed E-state index contributed by atoms with van der Waals surface area (Å²) in [5.74, 6) is 0. The van der Waals surface area contributed by atoms with E-state index >= 15 is 0 Å². The average molecular weight is 226 g/mol. The second-order valence-corrected chi connectivity index (χ2v) is 5.34. The molecule has 0 aromatic carbocycles. The Morgan fingerprint density at radius 2 is 2.19 bits per heavy atom. The molecule has 3 atom stereocenters. The third-order valence-electron chi connectivity index (χ3n) is 4.13. The Morgan fingerprint density at radius 3 is 2.81 bits per heavy atom. The van der Waals surface area contributed by atoms with Crippen LogP contribution in [0.15, 0.2) is 0 Å². The average Bonchev–Trinajstić information content (AvgIpc) is 2.33. The van der Waals surface area contributed by atoms with Crippen LogP contribution in [-0.2, 0) is 4.74 Å². The summed E-state index contributed by atoms with van der Waals surface area (Å²) in [5.41, 5.74) is 0. The second kappa shape index (κ2) is 5.99. The van der Waals surface area contributed by atoms with Gasteiger partial charge in [0.25, 0.3) is 0 Å². The van der Waals surface area contributed by atoms with Gasteiger partial charge < -0.3 is 10.1 Å². The number of nitrogens with zero attached hydrogens (tertiary/aromatic N) is 1. The zero-order chi connectivity index (χ0) is 11.4. The van der Waals surface area contributed by atoms with E-state index in [2.05, 4.69) is 24.2 Å². The minimum atomic E-state index is 0.502. The number of ether oxygens (including phenoxy) is 1. The topological polar surface area (TPSA) is 24.5 Å². The van der Waals surface area contributed by atoms with Crippen molar-refractivity contribution in [3.63, 3.8) is 0 Å². The first-order chi connectivity index (χ1) is 7.79. The fourth-order valence-electron chi connectivity index (χ4n) is 2.97. The van der Waals surface area contributed by atoms with Crippen LogP contribution in [0.1, 0.15) is 39.0 Å². The molecule has 0 aliphatic carbocycles. The van der Waals surface area contributed by atoms with Gasteiger partial charge in [0.1, 0.15) is 0 Å². The number of hydrogen-bond donors (Lipinski definition) is 1. The lowest BCUT2D eigenvalue weighted by Gasteiger charge is -2.40. The molecule has 0 saturated carbocycles. The molecular formula is C13H26N2O. The van der Waals surface area contributed by atoms with Crippen LogP contribution in [0.3, 0.4) is 0 Å². The highest BCUT2D eigenvalue weighted by molar-refractivity contribution is 4.83. The number of piperidine rings is 1. The molecule has 0 aromatic heterocycles. The summed E-state index contributed by atoms with van der Waals surface area (Å²) in [4.78, 5) is 2.61. The van der Waals surface area contributed by atoms with Crippen molar-refractivity contribution in [3.05, 3.63) is 0 Å². The smallest absolute Gasteiger partial charge is 0.0702 e. The summed E-state index contributed by atoms with van der Waals surface area (Å²) in [5, 5.41) is 3.40. The fraction of sp³-hybridized carbons (Fsp3) is 1.00. The zero-order valence-corrected chi connectivity index (χ0v) is 10.7. The fourth-order valence-corrected chi connectivity index (χ4v) is 2.97.